The number of hydrogen-bond acceptors (Lipinski definition) is 1. The first-order valence-electron chi connectivity index (χ1n) is 4.38. The maximum atomic E-state index is 10.4. The number of rotatable bonds is 3. The molecular weight excluding hydrogens is 163 g/mol. The Kier molecular flexibility index (Phi) is 3.12. The van der Waals surface area contributed by atoms with Crippen LogP contribution in [0.3, 0.4) is 0 Å². The molecule has 0 aliphatic carbocycles. The third-order valence-electron chi connectivity index (χ3n) is 2.33. The second kappa shape index (κ2) is 4.12. The molecule has 0 unspecified atom stereocenters. The first-order chi connectivity index (χ1) is 6.11. The average molecular weight is 176 g/mol. The molecule has 3 heteroatoms. The second-order valence-corrected chi connectivity index (χ2v) is 3.25. The van der Waals surface area contributed by atoms with Gasteiger partial charge in [0.15, 0.2) is 0 Å². The Morgan fingerprint density at radius 2 is 2.23 bits per heavy atom. The van der Waals surface area contributed by atoms with Crippen molar-refractivity contribution in [3.05, 3.63) is 29.3 Å². The summed E-state index contributed by atoms with van der Waals surface area (Å²) in [5.41, 5.74) is 3.58. The number of aryl methyl sites for hydroxylation is 1. The lowest BCUT2D eigenvalue weighted by Crippen LogP contribution is -2.10. The highest BCUT2D eigenvalue weighted by Gasteiger charge is 2.02. The van der Waals surface area contributed by atoms with E-state index in [1.165, 1.54) is 11.0 Å². The number of carboxylic acid groups (broad SMARTS) is 1. The van der Waals surface area contributed by atoms with E-state index < -0.39 is 5.97 Å². The van der Waals surface area contributed by atoms with Gasteiger partial charge in [-0.25, -0.2) is 0 Å². The van der Waals surface area contributed by atoms with Gasteiger partial charge < -0.3 is 5.11 Å². The van der Waals surface area contributed by atoms with Crippen molar-refractivity contribution in [3.8, 4) is 0 Å². The van der Waals surface area contributed by atoms with Crippen molar-refractivity contribution in [1.29, 1.82) is 0 Å². The van der Waals surface area contributed by atoms with E-state index in [9.17, 15) is 4.79 Å². The van der Waals surface area contributed by atoms with E-state index in [-0.39, 0.29) is 6.42 Å². The lowest BCUT2D eigenvalue weighted by molar-refractivity contribution is -0.136. The van der Waals surface area contributed by atoms with Gasteiger partial charge in [-0.3, -0.25) is 4.79 Å². The molecule has 0 amide bonds. The number of carboxylic acids is 1. The largest absolute Gasteiger partial charge is 0.481 e. The summed E-state index contributed by atoms with van der Waals surface area (Å²) >= 11 is 0. The van der Waals surface area contributed by atoms with Crippen molar-refractivity contribution in [2.24, 2.45) is 0 Å². The summed E-state index contributed by atoms with van der Waals surface area (Å²) in [7, 11) is 2.04. The van der Waals surface area contributed by atoms with Crippen molar-refractivity contribution in [1.82, 2.24) is 0 Å². The molecule has 0 bridgehead atoms. The summed E-state index contributed by atoms with van der Waals surface area (Å²) < 4.78 is 0. The second-order valence-electron chi connectivity index (χ2n) is 3.25. The van der Waals surface area contributed by atoms with E-state index in [0.717, 1.165) is 5.56 Å². The Morgan fingerprint density at radius 3 is 2.85 bits per heavy atom. The summed E-state index contributed by atoms with van der Waals surface area (Å²) in [5.74, 6) is -0.735. The monoisotopic (exact) mass is 176 g/mol. The van der Waals surface area contributed by atoms with Crippen LogP contribution in [0, 0.1) is 6.92 Å². The topological polar surface area (TPSA) is 37.3 Å². The minimum absolute atomic E-state index is 0.213. The molecule has 0 radical (unpaired) electrons. The quantitative estimate of drug-likeness (QED) is 0.671. The zero-order valence-electron chi connectivity index (χ0n) is 8.00. The zero-order valence-corrected chi connectivity index (χ0v) is 8.00. The van der Waals surface area contributed by atoms with Crippen LogP contribution in [-0.2, 0) is 11.2 Å². The molecule has 68 valence electrons. The molecule has 0 fully saturated rings. The Bertz CT molecular complexity index is 321. The van der Waals surface area contributed by atoms with E-state index in [4.69, 9.17) is 5.11 Å². The Hall–Kier alpha value is -1.25. The maximum absolute atomic E-state index is 10.4. The van der Waals surface area contributed by atoms with E-state index in [0.29, 0.717) is 6.42 Å². The van der Waals surface area contributed by atoms with Crippen LogP contribution in [-0.4, -0.2) is 18.9 Å². The Morgan fingerprint density at radius 1 is 1.54 bits per heavy atom. The predicted octanol–water partition coefficient (Wildman–Crippen LogP) is 0.271. The molecule has 1 aromatic carbocycles. The SMILES string of the molecule is Bc1cccc(CCC(=O)O)c1C. The fourth-order valence-electron chi connectivity index (χ4n) is 1.32. The smallest absolute Gasteiger partial charge is 0.303 e. The van der Waals surface area contributed by atoms with Crippen LogP contribution in [0.5, 0.6) is 0 Å². The third-order valence-corrected chi connectivity index (χ3v) is 2.33. The Labute approximate surface area is 79.0 Å². The van der Waals surface area contributed by atoms with E-state index in [2.05, 4.69) is 0 Å². The summed E-state index contributed by atoms with van der Waals surface area (Å²) in [4.78, 5) is 10.4. The highest BCUT2D eigenvalue weighted by Crippen LogP contribution is 2.07. The molecule has 0 aromatic heterocycles. The van der Waals surface area contributed by atoms with Crippen LogP contribution >= 0.6 is 0 Å². The van der Waals surface area contributed by atoms with Crippen molar-refractivity contribution >= 4 is 19.3 Å². The van der Waals surface area contributed by atoms with Gasteiger partial charge in [0.2, 0.25) is 0 Å². The summed E-state index contributed by atoms with van der Waals surface area (Å²) in [5, 5.41) is 8.53. The Balaban J connectivity index is 2.77. The predicted molar refractivity (Wildman–Crippen MR) is 55.3 cm³/mol. The maximum Gasteiger partial charge on any atom is 0.303 e. The molecule has 0 saturated carbocycles. The molecule has 1 aromatic rings. The summed E-state index contributed by atoms with van der Waals surface area (Å²) in [6, 6.07) is 6.00. The third kappa shape index (κ3) is 2.62. The van der Waals surface area contributed by atoms with Gasteiger partial charge in [-0.1, -0.05) is 29.2 Å². The summed E-state index contributed by atoms with van der Waals surface area (Å²) in [6.45, 7) is 2.03. The first kappa shape index (κ1) is 9.84. The van der Waals surface area contributed by atoms with E-state index in [1.54, 1.807) is 0 Å². The van der Waals surface area contributed by atoms with Gasteiger partial charge in [-0.05, 0) is 18.9 Å². The molecule has 0 atom stereocenters. The minimum atomic E-state index is -0.735. The molecule has 0 aliphatic rings. The molecule has 13 heavy (non-hydrogen) atoms. The number of hydrogen-bond donors (Lipinski definition) is 1. The van der Waals surface area contributed by atoms with E-state index in [1.807, 2.05) is 33.0 Å². The van der Waals surface area contributed by atoms with Crippen LogP contribution in [0.4, 0.5) is 0 Å². The first-order valence-corrected chi connectivity index (χ1v) is 4.38. The summed E-state index contributed by atoms with van der Waals surface area (Å²) in [6.07, 6.45) is 0.840. The van der Waals surface area contributed by atoms with Gasteiger partial charge in [0, 0.05) is 6.42 Å². The van der Waals surface area contributed by atoms with Gasteiger partial charge in [0.25, 0.3) is 0 Å². The van der Waals surface area contributed by atoms with Crippen LogP contribution < -0.4 is 5.46 Å². The molecule has 1 rings (SSSR count). The number of benzene rings is 1. The van der Waals surface area contributed by atoms with Gasteiger partial charge in [0.05, 0.1) is 0 Å². The highest BCUT2D eigenvalue weighted by molar-refractivity contribution is 6.33. The van der Waals surface area contributed by atoms with Gasteiger partial charge in [0.1, 0.15) is 7.85 Å². The van der Waals surface area contributed by atoms with Crippen molar-refractivity contribution in [3.63, 3.8) is 0 Å². The average Bonchev–Trinajstić information content (AvgIpc) is 2.07. The molecule has 2 nitrogen and oxygen atoms in total. The van der Waals surface area contributed by atoms with Crippen LogP contribution in [0.15, 0.2) is 18.2 Å². The van der Waals surface area contributed by atoms with Crippen molar-refractivity contribution in [2.45, 2.75) is 19.8 Å². The standard InChI is InChI=1S/C10H13BO2/c1-7-8(5-6-10(12)13)3-2-4-9(7)11/h2-4H,5-6,11H2,1H3,(H,12,13). The normalized spacial score (nSPS) is 9.92. The van der Waals surface area contributed by atoms with Crippen LogP contribution in [0.25, 0.3) is 0 Å². The lowest BCUT2D eigenvalue weighted by Gasteiger charge is -2.06. The fourth-order valence-corrected chi connectivity index (χ4v) is 1.32. The lowest BCUT2D eigenvalue weighted by atomic mass is 9.87. The van der Waals surface area contributed by atoms with Gasteiger partial charge in [-0.15, -0.1) is 0 Å². The van der Waals surface area contributed by atoms with E-state index >= 15 is 0 Å². The molecule has 0 saturated heterocycles. The fraction of sp³-hybridized carbons (Fsp3) is 0.300. The highest BCUT2D eigenvalue weighted by atomic mass is 16.4. The van der Waals surface area contributed by atoms with Gasteiger partial charge in [-0.2, -0.15) is 0 Å². The van der Waals surface area contributed by atoms with Crippen LogP contribution in [0.1, 0.15) is 17.5 Å². The van der Waals surface area contributed by atoms with Crippen molar-refractivity contribution in [2.75, 3.05) is 0 Å². The van der Waals surface area contributed by atoms with Gasteiger partial charge >= 0.3 is 5.97 Å². The van der Waals surface area contributed by atoms with Crippen molar-refractivity contribution < 1.29 is 9.90 Å². The molecule has 0 aliphatic heterocycles. The number of aliphatic carboxylic acids is 1. The molecule has 0 heterocycles. The zero-order chi connectivity index (χ0) is 9.84. The molecule has 1 N–H and O–H groups in total. The molecular formula is C10H13BO2. The minimum Gasteiger partial charge on any atom is -0.481 e. The van der Waals surface area contributed by atoms with Crippen LogP contribution in [0.2, 0.25) is 0 Å². The number of carbonyl (C=O) groups is 1. The molecule has 0 spiro atoms.